The van der Waals surface area contributed by atoms with Crippen molar-refractivity contribution in [2.45, 2.75) is 6.92 Å². The highest BCUT2D eigenvalue weighted by atomic mass is 32.1. The van der Waals surface area contributed by atoms with Gasteiger partial charge in [0, 0.05) is 5.56 Å². The summed E-state index contributed by atoms with van der Waals surface area (Å²) in [4.78, 5) is 16.8. The number of hydrogen-bond donors (Lipinski definition) is 1. The van der Waals surface area contributed by atoms with Crippen LogP contribution in [0.3, 0.4) is 0 Å². The number of thiazole rings is 1. The van der Waals surface area contributed by atoms with E-state index in [2.05, 4.69) is 10.3 Å². The number of carbonyl (C=O) groups is 1. The SMILES string of the molecule is Cc1nc(-c2ccc(F)cc2)sc1C(=O)Nc1c(F)cccc1F. The minimum absolute atomic E-state index is 0.233. The molecule has 0 aliphatic carbocycles. The summed E-state index contributed by atoms with van der Waals surface area (Å²) in [7, 11) is 0. The third-order valence-corrected chi connectivity index (χ3v) is 4.50. The van der Waals surface area contributed by atoms with Crippen LogP contribution >= 0.6 is 11.3 Å². The van der Waals surface area contributed by atoms with Gasteiger partial charge in [-0.1, -0.05) is 6.07 Å². The quantitative estimate of drug-likeness (QED) is 0.739. The zero-order valence-electron chi connectivity index (χ0n) is 12.4. The Morgan fingerprint density at radius 2 is 1.67 bits per heavy atom. The fourth-order valence-corrected chi connectivity index (χ4v) is 3.08. The summed E-state index contributed by atoms with van der Waals surface area (Å²) >= 11 is 1.07. The fraction of sp³-hybridized carbons (Fsp3) is 0.0588. The van der Waals surface area contributed by atoms with E-state index in [4.69, 9.17) is 0 Å². The molecule has 0 saturated carbocycles. The summed E-state index contributed by atoms with van der Waals surface area (Å²) < 4.78 is 40.2. The first-order chi connectivity index (χ1) is 11.5. The lowest BCUT2D eigenvalue weighted by atomic mass is 10.2. The lowest BCUT2D eigenvalue weighted by Crippen LogP contribution is -2.14. The third kappa shape index (κ3) is 3.16. The molecule has 0 unspecified atom stereocenters. The largest absolute Gasteiger partial charge is 0.316 e. The molecule has 0 saturated heterocycles. The molecule has 2 aromatic carbocycles. The fourth-order valence-electron chi connectivity index (χ4n) is 2.11. The molecule has 3 nitrogen and oxygen atoms in total. The summed E-state index contributed by atoms with van der Waals surface area (Å²) in [6.07, 6.45) is 0. The van der Waals surface area contributed by atoms with Gasteiger partial charge in [0.05, 0.1) is 5.69 Å². The maximum Gasteiger partial charge on any atom is 0.267 e. The topological polar surface area (TPSA) is 42.0 Å². The van der Waals surface area contributed by atoms with Gasteiger partial charge in [-0.2, -0.15) is 0 Å². The van der Waals surface area contributed by atoms with Gasteiger partial charge < -0.3 is 5.32 Å². The van der Waals surface area contributed by atoms with Gasteiger partial charge in [0.2, 0.25) is 0 Å². The van der Waals surface area contributed by atoms with Gasteiger partial charge in [-0.3, -0.25) is 4.79 Å². The Bertz CT molecular complexity index is 886. The van der Waals surface area contributed by atoms with E-state index in [0.29, 0.717) is 16.3 Å². The van der Waals surface area contributed by atoms with Crippen molar-refractivity contribution in [1.82, 2.24) is 4.98 Å². The highest BCUT2D eigenvalue weighted by Crippen LogP contribution is 2.29. The molecule has 1 aromatic heterocycles. The predicted molar refractivity (Wildman–Crippen MR) is 86.6 cm³/mol. The standard InChI is InChI=1S/C17H11F3N2OS/c1-9-15(16(23)22-14-12(19)3-2-4-13(14)20)24-17(21-9)10-5-7-11(18)8-6-10/h2-8H,1H3,(H,22,23). The van der Waals surface area contributed by atoms with Gasteiger partial charge in [0.25, 0.3) is 5.91 Å². The number of halogens is 3. The molecular formula is C17H11F3N2OS. The van der Waals surface area contributed by atoms with Crippen LogP contribution in [0, 0.1) is 24.4 Å². The molecular weight excluding hydrogens is 337 g/mol. The van der Waals surface area contributed by atoms with Crippen LogP contribution in [-0.2, 0) is 0 Å². The molecule has 0 radical (unpaired) electrons. The number of carbonyl (C=O) groups excluding carboxylic acids is 1. The lowest BCUT2D eigenvalue weighted by Gasteiger charge is -2.06. The van der Waals surface area contributed by atoms with Crippen molar-refractivity contribution in [1.29, 1.82) is 0 Å². The normalized spacial score (nSPS) is 10.7. The number of aromatic nitrogens is 1. The van der Waals surface area contributed by atoms with Gasteiger partial charge in [0.1, 0.15) is 33.0 Å². The molecule has 1 N–H and O–H groups in total. The van der Waals surface area contributed by atoms with E-state index in [9.17, 15) is 18.0 Å². The van der Waals surface area contributed by atoms with Crippen LogP contribution in [0.2, 0.25) is 0 Å². The lowest BCUT2D eigenvalue weighted by molar-refractivity contribution is 0.102. The number of benzene rings is 2. The molecule has 122 valence electrons. The van der Waals surface area contributed by atoms with E-state index >= 15 is 0 Å². The van der Waals surface area contributed by atoms with E-state index in [1.807, 2.05) is 0 Å². The minimum Gasteiger partial charge on any atom is -0.316 e. The average molecular weight is 348 g/mol. The maximum atomic E-state index is 13.6. The number of amides is 1. The molecule has 7 heteroatoms. The van der Waals surface area contributed by atoms with Gasteiger partial charge in [-0.25, -0.2) is 18.2 Å². The Morgan fingerprint density at radius 3 is 2.29 bits per heavy atom. The second kappa shape index (κ2) is 6.45. The van der Waals surface area contributed by atoms with E-state index in [0.717, 1.165) is 23.5 Å². The number of nitrogens with zero attached hydrogens (tertiary/aromatic N) is 1. The summed E-state index contributed by atoms with van der Waals surface area (Å²) in [5.41, 5.74) is 0.577. The van der Waals surface area contributed by atoms with E-state index in [-0.39, 0.29) is 10.7 Å². The van der Waals surface area contributed by atoms with Crippen molar-refractivity contribution in [3.63, 3.8) is 0 Å². The smallest absolute Gasteiger partial charge is 0.267 e. The summed E-state index contributed by atoms with van der Waals surface area (Å²) in [6.45, 7) is 1.62. The molecule has 0 bridgehead atoms. The summed E-state index contributed by atoms with van der Waals surface area (Å²) in [5, 5.41) is 2.75. The zero-order valence-corrected chi connectivity index (χ0v) is 13.3. The maximum absolute atomic E-state index is 13.6. The third-order valence-electron chi connectivity index (χ3n) is 3.30. The van der Waals surface area contributed by atoms with Gasteiger partial charge in [-0.05, 0) is 43.3 Å². The number of nitrogens with one attached hydrogen (secondary N) is 1. The Kier molecular flexibility index (Phi) is 4.35. The molecule has 0 aliphatic rings. The van der Waals surface area contributed by atoms with Crippen LogP contribution in [0.25, 0.3) is 10.6 Å². The first-order valence-corrected chi connectivity index (χ1v) is 7.76. The molecule has 24 heavy (non-hydrogen) atoms. The van der Waals surface area contributed by atoms with Gasteiger partial charge >= 0.3 is 0 Å². The van der Waals surface area contributed by atoms with Crippen molar-refractivity contribution in [2.24, 2.45) is 0 Å². The van der Waals surface area contributed by atoms with Gasteiger partial charge in [-0.15, -0.1) is 11.3 Å². The number of anilines is 1. The number of hydrogen-bond acceptors (Lipinski definition) is 3. The van der Waals surface area contributed by atoms with Crippen LogP contribution < -0.4 is 5.32 Å². The second-order valence-corrected chi connectivity index (χ2v) is 5.99. The molecule has 0 aliphatic heterocycles. The van der Waals surface area contributed by atoms with E-state index in [1.54, 1.807) is 19.1 Å². The van der Waals surface area contributed by atoms with Gasteiger partial charge in [0.15, 0.2) is 0 Å². The first kappa shape index (κ1) is 16.2. The highest BCUT2D eigenvalue weighted by Gasteiger charge is 2.19. The highest BCUT2D eigenvalue weighted by molar-refractivity contribution is 7.17. The van der Waals surface area contributed by atoms with Crippen LogP contribution in [0.1, 0.15) is 15.4 Å². The number of aryl methyl sites for hydroxylation is 1. The van der Waals surface area contributed by atoms with E-state index < -0.39 is 23.2 Å². The van der Waals surface area contributed by atoms with Crippen LogP contribution in [0.4, 0.5) is 18.9 Å². The number of para-hydroxylation sites is 1. The monoisotopic (exact) mass is 348 g/mol. The average Bonchev–Trinajstić information content (AvgIpc) is 2.93. The van der Waals surface area contributed by atoms with Crippen molar-refractivity contribution < 1.29 is 18.0 Å². The Hall–Kier alpha value is -2.67. The summed E-state index contributed by atoms with van der Waals surface area (Å²) in [5.74, 6) is -2.74. The zero-order chi connectivity index (χ0) is 17.3. The predicted octanol–water partition coefficient (Wildman–Crippen LogP) is 4.79. The second-order valence-electron chi connectivity index (χ2n) is 4.99. The van der Waals surface area contributed by atoms with Crippen molar-refractivity contribution in [2.75, 3.05) is 5.32 Å². The van der Waals surface area contributed by atoms with E-state index in [1.165, 1.54) is 18.2 Å². The van der Waals surface area contributed by atoms with Crippen LogP contribution in [-0.4, -0.2) is 10.9 Å². The Balaban J connectivity index is 1.90. The molecule has 0 fully saturated rings. The molecule has 0 atom stereocenters. The Morgan fingerprint density at radius 1 is 1.04 bits per heavy atom. The van der Waals surface area contributed by atoms with Crippen LogP contribution in [0.5, 0.6) is 0 Å². The van der Waals surface area contributed by atoms with Crippen molar-refractivity contribution in [3.8, 4) is 10.6 Å². The minimum atomic E-state index is -0.857. The molecule has 1 amide bonds. The van der Waals surface area contributed by atoms with Crippen molar-refractivity contribution >= 4 is 22.9 Å². The Labute approximate surface area is 139 Å². The molecule has 3 rings (SSSR count). The molecule has 3 aromatic rings. The van der Waals surface area contributed by atoms with Crippen molar-refractivity contribution in [3.05, 3.63) is 70.5 Å². The molecule has 0 spiro atoms. The first-order valence-electron chi connectivity index (χ1n) is 6.94. The van der Waals surface area contributed by atoms with Crippen LogP contribution in [0.15, 0.2) is 42.5 Å². The summed E-state index contributed by atoms with van der Waals surface area (Å²) in [6, 6.07) is 9.01. The molecule has 1 heterocycles. The number of rotatable bonds is 3.